The minimum absolute atomic E-state index is 0. The molecule has 0 aromatic heterocycles. The first-order valence-corrected chi connectivity index (χ1v) is 7.50. The molecule has 3 nitrogen and oxygen atoms in total. The number of aryl methyl sites for hydroxylation is 2. The van der Waals surface area contributed by atoms with Crippen LogP contribution in [0.25, 0.3) is 0 Å². The molecule has 2 N–H and O–H groups in total. The minimum atomic E-state index is 0. The number of nitrogens with one attached hydrogen (secondary N) is 2. The number of aliphatic imine (C=N–C) groups is 1. The number of fused-ring (bicyclic) bond motifs is 1. The third kappa shape index (κ3) is 4.11. The van der Waals surface area contributed by atoms with E-state index in [2.05, 4.69) is 40.7 Å². The monoisotopic (exact) mass is 385 g/mol. The smallest absolute Gasteiger partial charge is 0.191 e. The Morgan fingerprint density at radius 3 is 2.80 bits per heavy atom. The summed E-state index contributed by atoms with van der Waals surface area (Å²) in [7, 11) is 0. The van der Waals surface area contributed by atoms with Crippen molar-refractivity contribution in [3.05, 3.63) is 34.9 Å². The summed E-state index contributed by atoms with van der Waals surface area (Å²) < 4.78 is 0. The zero-order valence-electron chi connectivity index (χ0n) is 12.1. The van der Waals surface area contributed by atoms with Crippen molar-refractivity contribution < 1.29 is 0 Å². The lowest BCUT2D eigenvalue weighted by Gasteiger charge is -2.10. The van der Waals surface area contributed by atoms with Gasteiger partial charge in [-0.25, -0.2) is 4.99 Å². The van der Waals surface area contributed by atoms with Gasteiger partial charge in [0, 0.05) is 12.6 Å². The van der Waals surface area contributed by atoms with Gasteiger partial charge in [-0.2, -0.15) is 0 Å². The van der Waals surface area contributed by atoms with E-state index in [1.807, 2.05) is 0 Å². The molecule has 2 aliphatic carbocycles. The lowest BCUT2D eigenvalue weighted by molar-refractivity contribution is 0.812. The fourth-order valence-electron chi connectivity index (χ4n) is 2.63. The third-order valence-electron chi connectivity index (χ3n) is 3.85. The summed E-state index contributed by atoms with van der Waals surface area (Å²) in [6, 6.07) is 7.51. The number of rotatable bonds is 4. The molecule has 0 amide bonds. The second-order valence-corrected chi connectivity index (χ2v) is 5.57. The number of hydrogen-bond donors (Lipinski definition) is 2. The van der Waals surface area contributed by atoms with Crippen LogP contribution in [0, 0.1) is 0 Å². The maximum atomic E-state index is 4.68. The molecule has 3 rings (SSSR count). The van der Waals surface area contributed by atoms with Gasteiger partial charge in [0.15, 0.2) is 5.96 Å². The summed E-state index contributed by atoms with van der Waals surface area (Å²) >= 11 is 0. The third-order valence-corrected chi connectivity index (χ3v) is 3.85. The topological polar surface area (TPSA) is 36.4 Å². The number of hydrogen-bond acceptors (Lipinski definition) is 1. The Morgan fingerprint density at radius 1 is 1.25 bits per heavy atom. The van der Waals surface area contributed by atoms with Crippen LogP contribution in [-0.2, 0) is 19.4 Å². The second-order valence-electron chi connectivity index (χ2n) is 5.57. The van der Waals surface area contributed by atoms with Crippen LogP contribution in [0.15, 0.2) is 23.2 Å². The molecule has 1 fully saturated rings. The molecule has 0 heterocycles. The lowest BCUT2D eigenvalue weighted by atomic mass is 10.1. The summed E-state index contributed by atoms with van der Waals surface area (Å²) in [6.07, 6.45) is 6.37. The number of guanidine groups is 1. The molecule has 0 saturated heterocycles. The molecule has 1 aromatic rings. The normalized spacial score (nSPS) is 17.4. The lowest BCUT2D eigenvalue weighted by Crippen LogP contribution is -2.38. The van der Waals surface area contributed by atoms with Crippen molar-refractivity contribution in [2.75, 3.05) is 6.54 Å². The Labute approximate surface area is 138 Å². The van der Waals surface area contributed by atoms with Gasteiger partial charge in [-0.1, -0.05) is 18.2 Å². The van der Waals surface area contributed by atoms with E-state index < -0.39 is 0 Å². The molecule has 1 saturated carbocycles. The van der Waals surface area contributed by atoms with Crippen LogP contribution in [0.2, 0.25) is 0 Å². The Hall–Kier alpha value is -0.780. The molecule has 110 valence electrons. The van der Waals surface area contributed by atoms with Gasteiger partial charge in [-0.15, -0.1) is 24.0 Å². The average Bonchev–Trinajstić information content (AvgIpc) is 3.11. The number of benzene rings is 1. The quantitative estimate of drug-likeness (QED) is 0.475. The van der Waals surface area contributed by atoms with Crippen molar-refractivity contribution in [2.24, 2.45) is 4.99 Å². The van der Waals surface area contributed by atoms with Crippen LogP contribution >= 0.6 is 24.0 Å². The predicted octanol–water partition coefficient (Wildman–Crippen LogP) is 3.01. The second kappa shape index (κ2) is 7.29. The minimum Gasteiger partial charge on any atom is -0.357 e. The first-order chi connectivity index (χ1) is 9.35. The highest BCUT2D eigenvalue weighted by atomic mass is 127. The van der Waals surface area contributed by atoms with E-state index in [1.54, 1.807) is 0 Å². The predicted molar refractivity (Wildman–Crippen MR) is 94.9 cm³/mol. The van der Waals surface area contributed by atoms with Crippen LogP contribution < -0.4 is 10.6 Å². The summed E-state index contributed by atoms with van der Waals surface area (Å²) in [5.41, 5.74) is 4.40. The highest BCUT2D eigenvalue weighted by molar-refractivity contribution is 14.0. The van der Waals surface area contributed by atoms with Crippen molar-refractivity contribution in [1.29, 1.82) is 0 Å². The van der Waals surface area contributed by atoms with Crippen molar-refractivity contribution in [3.63, 3.8) is 0 Å². The van der Waals surface area contributed by atoms with Gasteiger partial charge in [0.2, 0.25) is 0 Å². The molecule has 0 unspecified atom stereocenters. The molecule has 2 aliphatic rings. The van der Waals surface area contributed by atoms with Crippen molar-refractivity contribution >= 4 is 29.9 Å². The van der Waals surface area contributed by atoms with E-state index in [0.29, 0.717) is 6.04 Å². The molecule has 4 heteroatoms. The fourth-order valence-corrected chi connectivity index (χ4v) is 2.63. The van der Waals surface area contributed by atoms with Crippen LogP contribution in [0.1, 0.15) is 42.9 Å². The summed E-state index contributed by atoms with van der Waals surface area (Å²) in [5.74, 6) is 0.963. The van der Waals surface area contributed by atoms with E-state index in [9.17, 15) is 0 Å². The average molecular weight is 385 g/mol. The van der Waals surface area contributed by atoms with Crippen LogP contribution in [0.5, 0.6) is 0 Å². The first kappa shape index (κ1) is 15.6. The molecule has 20 heavy (non-hydrogen) atoms. The van der Waals surface area contributed by atoms with Gasteiger partial charge in [0.25, 0.3) is 0 Å². The van der Waals surface area contributed by atoms with Crippen LogP contribution in [0.4, 0.5) is 0 Å². The standard InChI is InChI=1S/C16H23N3.HI/c1-2-17-16(19-15-8-9-15)18-11-12-6-7-13-4-3-5-14(13)10-12;/h6-7,10,15H,2-5,8-9,11H2,1H3,(H2,17,18,19);1H. The molecule has 0 radical (unpaired) electrons. The van der Waals surface area contributed by atoms with E-state index in [4.69, 9.17) is 0 Å². The van der Waals surface area contributed by atoms with Gasteiger partial charge in [0.1, 0.15) is 0 Å². The number of nitrogens with zero attached hydrogens (tertiary/aromatic N) is 1. The van der Waals surface area contributed by atoms with E-state index in [-0.39, 0.29) is 24.0 Å². The maximum absolute atomic E-state index is 4.68. The van der Waals surface area contributed by atoms with Gasteiger partial charge >= 0.3 is 0 Å². The molecule has 0 aliphatic heterocycles. The Bertz CT molecular complexity index is 481. The van der Waals surface area contributed by atoms with E-state index in [1.165, 1.54) is 48.8 Å². The van der Waals surface area contributed by atoms with Gasteiger partial charge in [-0.3, -0.25) is 0 Å². The highest BCUT2D eigenvalue weighted by Gasteiger charge is 2.22. The van der Waals surface area contributed by atoms with E-state index in [0.717, 1.165) is 19.0 Å². The summed E-state index contributed by atoms with van der Waals surface area (Å²) in [4.78, 5) is 4.68. The number of halogens is 1. The Kier molecular flexibility index (Phi) is 5.69. The molecular weight excluding hydrogens is 361 g/mol. The Balaban J connectivity index is 0.00000147. The van der Waals surface area contributed by atoms with Crippen molar-refractivity contribution in [3.8, 4) is 0 Å². The molecule has 1 aromatic carbocycles. The maximum Gasteiger partial charge on any atom is 0.191 e. The molecule has 0 spiro atoms. The van der Waals surface area contributed by atoms with Crippen LogP contribution in [-0.4, -0.2) is 18.5 Å². The molecular formula is C16H24IN3. The zero-order valence-corrected chi connectivity index (χ0v) is 14.4. The molecule has 0 bridgehead atoms. The summed E-state index contributed by atoms with van der Waals surface area (Å²) in [5, 5.41) is 6.77. The van der Waals surface area contributed by atoms with Crippen LogP contribution in [0.3, 0.4) is 0 Å². The van der Waals surface area contributed by atoms with Gasteiger partial charge in [0.05, 0.1) is 6.54 Å². The van der Waals surface area contributed by atoms with E-state index >= 15 is 0 Å². The molecule has 0 atom stereocenters. The largest absolute Gasteiger partial charge is 0.357 e. The Morgan fingerprint density at radius 2 is 2.05 bits per heavy atom. The fraction of sp³-hybridized carbons (Fsp3) is 0.562. The van der Waals surface area contributed by atoms with Gasteiger partial charge in [-0.05, 0) is 55.7 Å². The van der Waals surface area contributed by atoms with Crippen molar-refractivity contribution in [1.82, 2.24) is 10.6 Å². The zero-order chi connectivity index (χ0) is 13.1. The summed E-state index contributed by atoms with van der Waals surface area (Å²) in [6.45, 7) is 3.80. The van der Waals surface area contributed by atoms with Gasteiger partial charge < -0.3 is 10.6 Å². The first-order valence-electron chi connectivity index (χ1n) is 7.50. The highest BCUT2D eigenvalue weighted by Crippen LogP contribution is 2.23. The SMILES string of the molecule is CCNC(=NCc1ccc2c(c1)CCC2)NC1CC1.I. The van der Waals surface area contributed by atoms with Crippen molar-refractivity contribution in [2.45, 2.75) is 51.6 Å².